The number of hydrogen-bond donors (Lipinski definition) is 1. The molecule has 0 saturated carbocycles. The maximum atomic E-state index is 12.1. The number of nitrogens with zero attached hydrogens (tertiary/aromatic N) is 2. The molecule has 1 atom stereocenters. The van der Waals surface area contributed by atoms with Crippen molar-refractivity contribution in [1.29, 1.82) is 10.5 Å². The van der Waals surface area contributed by atoms with E-state index in [9.17, 15) is 10.1 Å². The van der Waals surface area contributed by atoms with Crippen LogP contribution in [0.4, 0.5) is 0 Å². The van der Waals surface area contributed by atoms with Crippen LogP contribution in [0.15, 0.2) is 48.5 Å². The normalized spacial score (nSPS) is 11.0. The highest BCUT2D eigenvalue weighted by Crippen LogP contribution is 2.22. The van der Waals surface area contributed by atoms with E-state index in [1.165, 1.54) is 12.1 Å². The molecule has 4 nitrogen and oxygen atoms in total. The molecule has 0 aromatic heterocycles. The molecular formula is C16H10ClN3O. The van der Waals surface area contributed by atoms with Crippen LogP contribution in [0.25, 0.3) is 0 Å². The molecule has 0 bridgehead atoms. The van der Waals surface area contributed by atoms with Crippen molar-refractivity contribution < 1.29 is 4.79 Å². The molecule has 0 saturated heterocycles. The van der Waals surface area contributed by atoms with E-state index in [-0.39, 0.29) is 0 Å². The first-order chi connectivity index (χ1) is 10.2. The van der Waals surface area contributed by atoms with E-state index in [1.807, 2.05) is 12.1 Å². The third kappa shape index (κ3) is 3.39. The van der Waals surface area contributed by atoms with Gasteiger partial charge in [0, 0.05) is 16.1 Å². The summed E-state index contributed by atoms with van der Waals surface area (Å²) in [7, 11) is 0. The number of hydrogen-bond acceptors (Lipinski definition) is 3. The van der Waals surface area contributed by atoms with Gasteiger partial charge in [-0.1, -0.05) is 29.8 Å². The fraction of sp³-hybridized carbons (Fsp3) is 0.0625. The van der Waals surface area contributed by atoms with Crippen LogP contribution in [0.1, 0.15) is 27.5 Å². The molecule has 0 spiro atoms. The van der Waals surface area contributed by atoms with Crippen molar-refractivity contribution in [1.82, 2.24) is 5.32 Å². The summed E-state index contributed by atoms with van der Waals surface area (Å²) in [5, 5.41) is 21.0. The Kier molecular flexibility index (Phi) is 4.56. The van der Waals surface area contributed by atoms with Gasteiger partial charge in [0.25, 0.3) is 5.91 Å². The number of nitrogens with one attached hydrogen (secondary N) is 1. The highest BCUT2D eigenvalue weighted by Gasteiger charge is 2.17. The minimum absolute atomic E-state index is 0.376. The zero-order valence-corrected chi connectivity index (χ0v) is 11.6. The Morgan fingerprint density at radius 1 is 1.10 bits per heavy atom. The van der Waals surface area contributed by atoms with E-state index in [1.54, 1.807) is 36.4 Å². The van der Waals surface area contributed by atoms with Crippen LogP contribution in [0.3, 0.4) is 0 Å². The molecule has 0 aliphatic carbocycles. The molecule has 0 radical (unpaired) electrons. The van der Waals surface area contributed by atoms with Crippen molar-refractivity contribution in [2.45, 2.75) is 6.04 Å². The largest absolute Gasteiger partial charge is 0.332 e. The molecule has 0 fully saturated rings. The van der Waals surface area contributed by atoms with E-state index in [4.69, 9.17) is 16.9 Å². The third-order valence-corrected chi connectivity index (χ3v) is 3.24. The molecule has 1 unspecified atom stereocenters. The van der Waals surface area contributed by atoms with Crippen LogP contribution in [-0.2, 0) is 0 Å². The molecule has 102 valence electrons. The summed E-state index contributed by atoms with van der Waals surface area (Å²) in [6.45, 7) is 0. The maximum Gasteiger partial charge on any atom is 0.252 e. The lowest BCUT2D eigenvalue weighted by Crippen LogP contribution is -2.27. The van der Waals surface area contributed by atoms with E-state index < -0.39 is 11.9 Å². The zero-order valence-electron chi connectivity index (χ0n) is 10.9. The van der Waals surface area contributed by atoms with E-state index in [2.05, 4.69) is 5.32 Å². The van der Waals surface area contributed by atoms with Crippen molar-refractivity contribution >= 4 is 17.5 Å². The second-order valence-electron chi connectivity index (χ2n) is 4.25. The fourth-order valence-corrected chi connectivity index (χ4v) is 2.04. The fourth-order valence-electron chi connectivity index (χ4n) is 1.80. The minimum atomic E-state index is -0.832. The van der Waals surface area contributed by atoms with Crippen molar-refractivity contribution in [3.8, 4) is 12.1 Å². The molecule has 5 heteroatoms. The maximum absolute atomic E-state index is 12.1. The number of benzene rings is 2. The quantitative estimate of drug-likeness (QED) is 0.944. The molecule has 1 N–H and O–H groups in total. The van der Waals surface area contributed by atoms with Crippen LogP contribution in [0.5, 0.6) is 0 Å². The second kappa shape index (κ2) is 6.56. The lowest BCUT2D eigenvalue weighted by Gasteiger charge is -2.13. The van der Waals surface area contributed by atoms with Gasteiger partial charge in [-0.25, -0.2) is 0 Å². The molecule has 2 aromatic carbocycles. The standard InChI is InChI=1S/C16H10ClN3O/c17-14-4-2-1-3-13(14)15(10-19)20-16(21)12-7-5-11(9-18)6-8-12/h1-8,15H,(H,20,21). The van der Waals surface area contributed by atoms with Crippen molar-refractivity contribution in [3.05, 3.63) is 70.2 Å². The third-order valence-electron chi connectivity index (χ3n) is 2.90. The van der Waals surface area contributed by atoms with Gasteiger partial charge in [0.05, 0.1) is 17.7 Å². The Morgan fingerprint density at radius 3 is 2.33 bits per heavy atom. The summed E-state index contributed by atoms with van der Waals surface area (Å²) in [6, 6.07) is 16.2. The number of nitriles is 2. The molecule has 0 aliphatic heterocycles. The minimum Gasteiger partial charge on any atom is -0.332 e. The number of halogens is 1. The summed E-state index contributed by atoms with van der Waals surface area (Å²) in [4.78, 5) is 12.1. The first-order valence-electron chi connectivity index (χ1n) is 6.11. The molecule has 21 heavy (non-hydrogen) atoms. The number of rotatable bonds is 3. The van der Waals surface area contributed by atoms with E-state index in [0.29, 0.717) is 21.7 Å². The van der Waals surface area contributed by atoms with Crippen LogP contribution in [0.2, 0.25) is 5.02 Å². The van der Waals surface area contributed by atoms with Crippen LogP contribution < -0.4 is 5.32 Å². The van der Waals surface area contributed by atoms with Gasteiger partial charge in [-0.15, -0.1) is 0 Å². The molecule has 0 heterocycles. The summed E-state index contributed by atoms with van der Waals surface area (Å²) in [5.74, 6) is -0.397. The van der Waals surface area contributed by atoms with Crippen molar-refractivity contribution in [2.75, 3.05) is 0 Å². The van der Waals surface area contributed by atoms with Gasteiger partial charge in [0.1, 0.15) is 6.04 Å². The van der Waals surface area contributed by atoms with Gasteiger partial charge in [-0.2, -0.15) is 10.5 Å². The molecule has 0 aliphatic rings. The monoisotopic (exact) mass is 295 g/mol. The molecule has 2 rings (SSSR count). The molecular weight excluding hydrogens is 286 g/mol. The Morgan fingerprint density at radius 2 is 1.76 bits per heavy atom. The van der Waals surface area contributed by atoms with E-state index >= 15 is 0 Å². The number of amides is 1. The highest BCUT2D eigenvalue weighted by molar-refractivity contribution is 6.31. The van der Waals surface area contributed by atoms with Gasteiger partial charge in [-0.05, 0) is 30.3 Å². The van der Waals surface area contributed by atoms with Gasteiger partial charge in [-0.3, -0.25) is 4.79 Å². The SMILES string of the molecule is N#Cc1ccc(C(=O)NC(C#N)c2ccccc2Cl)cc1. The van der Waals surface area contributed by atoms with Gasteiger partial charge in [0.2, 0.25) is 0 Å². The lowest BCUT2D eigenvalue weighted by molar-refractivity contribution is 0.0945. The van der Waals surface area contributed by atoms with Gasteiger partial charge < -0.3 is 5.32 Å². The summed E-state index contributed by atoms with van der Waals surface area (Å²) in [5.41, 5.74) is 1.39. The summed E-state index contributed by atoms with van der Waals surface area (Å²) < 4.78 is 0. The predicted molar refractivity (Wildman–Crippen MR) is 78.4 cm³/mol. The van der Waals surface area contributed by atoms with Crippen molar-refractivity contribution in [3.63, 3.8) is 0 Å². The van der Waals surface area contributed by atoms with Crippen LogP contribution in [0, 0.1) is 22.7 Å². The first kappa shape index (κ1) is 14.6. The second-order valence-corrected chi connectivity index (χ2v) is 4.65. The summed E-state index contributed by atoms with van der Waals surface area (Å²) in [6.07, 6.45) is 0. The van der Waals surface area contributed by atoms with Gasteiger partial charge in [0.15, 0.2) is 0 Å². The van der Waals surface area contributed by atoms with E-state index in [0.717, 1.165) is 0 Å². The average molecular weight is 296 g/mol. The predicted octanol–water partition coefficient (Wildman–Crippen LogP) is 3.21. The summed E-state index contributed by atoms with van der Waals surface area (Å²) >= 11 is 6.03. The zero-order chi connectivity index (χ0) is 15.2. The first-order valence-corrected chi connectivity index (χ1v) is 6.48. The van der Waals surface area contributed by atoms with Crippen LogP contribution in [-0.4, -0.2) is 5.91 Å². The highest BCUT2D eigenvalue weighted by atomic mass is 35.5. The smallest absolute Gasteiger partial charge is 0.252 e. The topological polar surface area (TPSA) is 76.7 Å². The Bertz CT molecular complexity index is 741. The number of carbonyl (C=O) groups excluding carboxylic acids is 1. The van der Waals surface area contributed by atoms with Crippen molar-refractivity contribution in [2.24, 2.45) is 0 Å². The molecule has 1 amide bonds. The lowest BCUT2D eigenvalue weighted by atomic mass is 10.1. The average Bonchev–Trinajstić information content (AvgIpc) is 2.53. The van der Waals surface area contributed by atoms with Crippen LogP contribution >= 0.6 is 11.6 Å². The Hall–Kier alpha value is -2.82. The Balaban J connectivity index is 2.19. The molecule has 2 aromatic rings. The Labute approximate surface area is 127 Å². The van der Waals surface area contributed by atoms with Gasteiger partial charge >= 0.3 is 0 Å². The number of carbonyl (C=O) groups is 1.